The van der Waals surface area contributed by atoms with Gasteiger partial charge in [-0.2, -0.15) is 18.3 Å². The quantitative estimate of drug-likeness (QED) is 0.865. The van der Waals surface area contributed by atoms with Gasteiger partial charge in [0.05, 0.1) is 0 Å². The lowest BCUT2D eigenvalue weighted by Gasteiger charge is -2.41. The Kier molecular flexibility index (Phi) is 4.75. The first-order valence-corrected chi connectivity index (χ1v) is 8.06. The van der Waals surface area contributed by atoms with Crippen LogP contribution in [0.4, 0.5) is 13.2 Å². The van der Waals surface area contributed by atoms with Crippen molar-refractivity contribution in [1.82, 2.24) is 15.1 Å². The highest BCUT2D eigenvalue weighted by Crippen LogP contribution is 2.31. The minimum absolute atomic E-state index is 0.0172. The van der Waals surface area contributed by atoms with Crippen molar-refractivity contribution in [1.29, 1.82) is 0 Å². The van der Waals surface area contributed by atoms with Crippen molar-refractivity contribution in [3.05, 3.63) is 52.3 Å². The topological polar surface area (TPSA) is 75.0 Å². The molecular weight excluding hydrogens is 357 g/mol. The summed E-state index contributed by atoms with van der Waals surface area (Å²) in [5, 5.41) is 5.88. The number of nitrogens with zero attached hydrogens (tertiary/aromatic N) is 2. The molecule has 1 amide bonds. The van der Waals surface area contributed by atoms with Gasteiger partial charge in [0.25, 0.3) is 5.91 Å². The van der Waals surface area contributed by atoms with Gasteiger partial charge in [-0.25, -0.2) is 0 Å². The van der Waals surface area contributed by atoms with Crippen LogP contribution < -0.4 is 5.73 Å². The standard InChI is InChI=1S/C16H16ClF3N4O/c17-12-4-2-1-3-9(12)8-24(11-5-10(21)6-11)15(25)13-7-14(23-22-13)16(18,19)20/h1-4,7,10-11H,5-6,8,21H2,(H,22,23). The van der Waals surface area contributed by atoms with Gasteiger partial charge in [0.2, 0.25) is 0 Å². The molecule has 3 rings (SSSR count). The summed E-state index contributed by atoms with van der Waals surface area (Å²) in [6, 6.07) is 7.57. The molecule has 1 fully saturated rings. The third-order valence-electron chi connectivity index (χ3n) is 4.25. The average molecular weight is 373 g/mol. The zero-order valence-corrected chi connectivity index (χ0v) is 13.8. The van der Waals surface area contributed by atoms with Gasteiger partial charge >= 0.3 is 6.18 Å². The van der Waals surface area contributed by atoms with E-state index in [4.69, 9.17) is 17.3 Å². The van der Waals surface area contributed by atoms with Crippen molar-refractivity contribution in [2.45, 2.75) is 37.6 Å². The SMILES string of the molecule is NC1CC(N(Cc2ccccc2Cl)C(=O)c2cc(C(F)(F)F)[nH]n2)C1. The van der Waals surface area contributed by atoms with Gasteiger partial charge in [-0.3, -0.25) is 9.89 Å². The molecule has 3 N–H and O–H groups in total. The van der Waals surface area contributed by atoms with E-state index in [1.807, 2.05) is 5.10 Å². The molecule has 5 nitrogen and oxygen atoms in total. The van der Waals surface area contributed by atoms with E-state index in [0.29, 0.717) is 23.4 Å². The molecule has 1 aliphatic carbocycles. The molecule has 0 unspecified atom stereocenters. The Morgan fingerprint density at radius 1 is 1.36 bits per heavy atom. The van der Waals surface area contributed by atoms with Crippen molar-refractivity contribution in [3.63, 3.8) is 0 Å². The van der Waals surface area contributed by atoms with Gasteiger partial charge in [0.15, 0.2) is 5.69 Å². The number of amides is 1. The molecule has 0 atom stereocenters. The minimum atomic E-state index is -4.59. The number of nitrogens with two attached hydrogens (primary N) is 1. The van der Waals surface area contributed by atoms with Gasteiger partial charge in [0.1, 0.15) is 5.69 Å². The fourth-order valence-corrected chi connectivity index (χ4v) is 2.98. The fraction of sp³-hybridized carbons (Fsp3) is 0.375. The van der Waals surface area contributed by atoms with E-state index >= 15 is 0 Å². The van der Waals surface area contributed by atoms with Crippen LogP contribution in [0.1, 0.15) is 34.6 Å². The van der Waals surface area contributed by atoms with Gasteiger partial charge in [-0.15, -0.1) is 0 Å². The maximum atomic E-state index is 12.7. The highest BCUT2D eigenvalue weighted by molar-refractivity contribution is 6.31. The predicted molar refractivity (Wildman–Crippen MR) is 85.9 cm³/mol. The predicted octanol–water partition coefficient (Wildman–Crippen LogP) is 3.21. The number of halogens is 4. The number of aromatic amines is 1. The Labute approximate surface area is 146 Å². The fourth-order valence-electron chi connectivity index (χ4n) is 2.78. The molecule has 0 aliphatic heterocycles. The van der Waals surface area contributed by atoms with Crippen LogP contribution in [0.3, 0.4) is 0 Å². The van der Waals surface area contributed by atoms with E-state index in [1.165, 1.54) is 4.90 Å². The van der Waals surface area contributed by atoms with Crippen LogP contribution in [0.15, 0.2) is 30.3 Å². The van der Waals surface area contributed by atoms with E-state index in [-0.39, 0.29) is 24.3 Å². The number of rotatable bonds is 4. The Morgan fingerprint density at radius 2 is 2.04 bits per heavy atom. The van der Waals surface area contributed by atoms with Crippen LogP contribution >= 0.6 is 11.6 Å². The lowest BCUT2D eigenvalue weighted by molar-refractivity contribution is -0.141. The Morgan fingerprint density at radius 3 is 2.60 bits per heavy atom. The minimum Gasteiger partial charge on any atom is -0.330 e. The van der Waals surface area contributed by atoms with Crippen LogP contribution in [0.2, 0.25) is 5.02 Å². The van der Waals surface area contributed by atoms with Crippen molar-refractivity contribution in [2.24, 2.45) is 5.73 Å². The summed E-state index contributed by atoms with van der Waals surface area (Å²) in [4.78, 5) is 14.2. The molecule has 2 aromatic rings. The lowest BCUT2D eigenvalue weighted by atomic mass is 9.86. The number of benzene rings is 1. The van der Waals surface area contributed by atoms with E-state index in [0.717, 1.165) is 6.07 Å². The average Bonchev–Trinajstić information content (AvgIpc) is 3.01. The number of aromatic nitrogens is 2. The molecule has 0 bridgehead atoms. The second-order valence-corrected chi connectivity index (χ2v) is 6.48. The number of carbonyl (C=O) groups excluding carboxylic acids is 1. The number of nitrogens with one attached hydrogen (secondary N) is 1. The molecule has 1 saturated carbocycles. The summed E-state index contributed by atoms with van der Waals surface area (Å²) in [7, 11) is 0. The summed E-state index contributed by atoms with van der Waals surface area (Å²) in [5.41, 5.74) is 5.17. The van der Waals surface area contributed by atoms with Gasteiger partial charge in [0, 0.05) is 29.7 Å². The summed E-state index contributed by atoms with van der Waals surface area (Å²) < 4.78 is 38.2. The first kappa shape index (κ1) is 17.8. The maximum absolute atomic E-state index is 12.7. The van der Waals surface area contributed by atoms with E-state index in [2.05, 4.69) is 5.10 Å². The first-order chi connectivity index (χ1) is 11.8. The monoisotopic (exact) mass is 372 g/mol. The van der Waals surface area contributed by atoms with E-state index in [9.17, 15) is 18.0 Å². The zero-order chi connectivity index (χ0) is 18.2. The molecule has 25 heavy (non-hydrogen) atoms. The second-order valence-electron chi connectivity index (χ2n) is 6.07. The van der Waals surface area contributed by atoms with Crippen LogP contribution in [-0.4, -0.2) is 33.1 Å². The molecule has 0 radical (unpaired) electrons. The zero-order valence-electron chi connectivity index (χ0n) is 13.1. The van der Waals surface area contributed by atoms with Crippen LogP contribution in [0, 0.1) is 0 Å². The maximum Gasteiger partial charge on any atom is 0.432 e. The van der Waals surface area contributed by atoms with Gasteiger partial charge in [-0.1, -0.05) is 29.8 Å². The van der Waals surface area contributed by atoms with Crippen molar-refractivity contribution < 1.29 is 18.0 Å². The van der Waals surface area contributed by atoms with Crippen molar-refractivity contribution in [2.75, 3.05) is 0 Å². The molecule has 9 heteroatoms. The lowest BCUT2D eigenvalue weighted by Crippen LogP contribution is -2.52. The van der Waals surface area contributed by atoms with E-state index < -0.39 is 17.8 Å². The third-order valence-corrected chi connectivity index (χ3v) is 4.62. The number of hydrogen-bond donors (Lipinski definition) is 2. The summed E-state index contributed by atoms with van der Waals surface area (Å²) in [6.45, 7) is 0.185. The Balaban J connectivity index is 1.85. The highest BCUT2D eigenvalue weighted by atomic mass is 35.5. The molecule has 0 spiro atoms. The van der Waals surface area contributed by atoms with Crippen LogP contribution in [0.5, 0.6) is 0 Å². The molecule has 1 aromatic heterocycles. The molecule has 1 aromatic carbocycles. The van der Waals surface area contributed by atoms with Crippen LogP contribution in [-0.2, 0) is 12.7 Å². The Bertz CT molecular complexity index is 771. The largest absolute Gasteiger partial charge is 0.432 e. The van der Waals surface area contributed by atoms with E-state index in [1.54, 1.807) is 24.3 Å². The number of H-pyrrole nitrogens is 1. The first-order valence-electron chi connectivity index (χ1n) is 7.68. The summed E-state index contributed by atoms with van der Waals surface area (Å²) >= 11 is 6.14. The summed E-state index contributed by atoms with van der Waals surface area (Å²) in [6.07, 6.45) is -3.41. The molecular formula is C16H16ClF3N4O. The third kappa shape index (κ3) is 3.80. The van der Waals surface area contributed by atoms with Crippen molar-refractivity contribution >= 4 is 17.5 Å². The number of hydrogen-bond acceptors (Lipinski definition) is 3. The molecule has 1 aliphatic rings. The van der Waals surface area contributed by atoms with Crippen molar-refractivity contribution in [3.8, 4) is 0 Å². The summed E-state index contributed by atoms with van der Waals surface area (Å²) in [5.74, 6) is -0.580. The van der Waals surface area contributed by atoms with Gasteiger partial charge in [-0.05, 0) is 24.5 Å². The molecule has 0 saturated heterocycles. The normalized spacial score (nSPS) is 20.2. The smallest absolute Gasteiger partial charge is 0.330 e. The number of alkyl halides is 3. The second kappa shape index (κ2) is 6.68. The molecule has 1 heterocycles. The molecule has 134 valence electrons. The van der Waals surface area contributed by atoms with Gasteiger partial charge < -0.3 is 10.6 Å². The highest BCUT2D eigenvalue weighted by Gasteiger charge is 2.38. The van der Waals surface area contributed by atoms with Crippen LogP contribution in [0.25, 0.3) is 0 Å². The Hall–Kier alpha value is -2.06. The number of carbonyl (C=O) groups is 1.